The van der Waals surface area contributed by atoms with Crippen LogP contribution in [0.1, 0.15) is 12.8 Å². The number of pyridine rings is 1. The van der Waals surface area contributed by atoms with Gasteiger partial charge in [-0.05, 0) is 37.1 Å². The number of halogens is 2. The minimum Gasteiger partial charge on any atom is -0.378 e. The highest BCUT2D eigenvalue weighted by atomic mass is 79.9. The topological polar surface area (TPSA) is 45.7 Å². The normalized spacial score (nSPS) is 21.2. The van der Waals surface area contributed by atoms with Gasteiger partial charge in [0, 0.05) is 36.0 Å². The Labute approximate surface area is 166 Å². The van der Waals surface area contributed by atoms with Gasteiger partial charge in [-0.3, -0.25) is 4.79 Å². The summed E-state index contributed by atoms with van der Waals surface area (Å²) < 4.78 is 6.30. The van der Waals surface area contributed by atoms with Crippen LogP contribution in [0.2, 0.25) is 5.02 Å². The van der Waals surface area contributed by atoms with Gasteiger partial charge in [-0.2, -0.15) is 0 Å². The first-order valence-electron chi connectivity index (χ1n) is 8.99. The third-order valence-electron chi connectivity index (χ3n) is 5.11. The van der Waals surface area contributed by atoms with Crippen LogP contribution in [-0.4, -0.2) is 55.2 Å². The molecule has 1 atom stereocenters. The number of carbonyl (C=O) groups excluding carboxylic acids is 1. The highest BCUT2D eigenvalue weighted by Crippen LogP contribution is 2.30. The number of ether oxygens (including phenoxy) is 1. The Kier molecular flexibility index (Phi) is 5.34. The van der Waals surface area contributed by atoms with E-state index in [1.54, 1.807) is 0 Å². The maximum absolute atomic E-state index is 12.8. The SMILES string of the molecule is O=C(C1CCCN(c2ccc3cc(Br)cc(Cl)c3n2)C1)N1CCOCC1. The zero-order chi connectivity index (χ0) is 18.1. The summed E-state index contributed by atoms with van der Waals surface area (Å²) in [6.45, 7) is 4.31. The van der Waals surface area contributed by atoms with Gasteiger partial charge in [0.2, 0.25) is 5.91 Å². The fourth-order valence-electron chi connectivity index (χ4n) is 3.75. The van der Waals surface area contributed by atoms with Crippen molar-refractivity contribution in [1.82, 2.24) is 9.88 Å². The van der Waals surface area contributed by atoms with Crippen LogP contribution in [0.5, 0.6) is 0 Å². The molecule has 3 heterocycles. The maximum atomic E-state index is 12.8. The molecule has 0 spiro atoms. The van der Waals surface area contributed by atoms with Crippen LogP contribution < -0.4 is 4.90 Å². The van der Waals surface area contributed by atoms with E-state index in [9.17, 15) is 4.79 Å². The molecular formula is C19H21BrClN3O2. The molecule has 5 nitrogen and oxygen atoms in total. The number of anilines is 1. The molecule has 1 aromatic carbocycles. The summed E-state index contributed by atoms with van der Waals surface area (Å²) in [5.74, 6) is 1.17. The lowest BCUT2D eigenvalue weighted by Crippen LogP contribution is -2.48. The van der Waals surface area contributed by atoms with Gasteiger partial charge < -0.3 is 14.5 Å². The Hall–Kier alpha value is -1.37. The lowest BCUT2D eigenvalue weighted by atomic mass is 9.96. The first-order valence-corrected chi connectivity index (χ1v) is 10.2. The molecule has 0 saturated carbocycles. The Morgan fingerprint density at radius 1 is 1.23 bits per heavy atom. The van der Waals surface area contributed by atoms with Crippen molar-refractivity contribution in [2.24, 2.45) is 5.92 Å². The van der Waals surface area contributed by atoms with Crippen molar-refractivity contribution in [3.63, 3.8) is 0 Å². The summed E-state index contributed by atoms with van der Waals surface area (Å²) >= 11 is 9.84. The smallest absolute Gasteiger partial charge is 0.227 e. The largest absolute Gasteiger partial charge is 0.378 e. The summed E-state index contributed by atoms with van der Waals surface area (Å²) in [5.41, 5.74) is 0.800. The van der Waals surface area contributed by atoms with E-state index in [0.717, 1.165) is 40.6 Å². The van der Waals surface area contributed by atoms with E-state index in [0.29, 0.717) is 37.9 Å². The van der Waals surface area contributed by atoms with Crippen LogP contribution in [-0.2, 0) is 9.53 Å². The van der Waals surface area contributed by atoms with Crippen molar-refractivity contribution in [3.05, 3.63) is 33.8 Å². The average molecular weight is 439 g/mol. The Morgan fingerprint density at radius 2 is 2.04 bits per heavy atom. The lowest BCUT2D eigenvalue weighted by molar-refractivity contribution is -0.139. The number of amides is 1. The highest BCUT2D eigenvalue weighted by Gasteiger charge is 2.30. The number of morpholine rings is 1. The van der Waals surface area contributed by atoms with Gasteiger partial charge in [0.25, 0.3) is 0 Å². The summed E-state index contributed by atoms with van der Waals surface area (Å²) in [6.07, 6.45) is 1.93. The number of benzene rings is 1. The second-order valence-corrected chi connectivity index (χ2v) is 8.17. The number of hydrogen-bond donors (Lipinski definition) is 0. The van der Waals surface area contributed by atoms with E-state index in [-0.39, 0.29) is 11.8 Å². The molecule has 26 heavy (non-hydrogen) atoms. The van der Waals surface area contributed by atoms with Crippen molar-refractivity contribution in [2.45, 2.75) is 12.8 Å². The first-order chi connectivity index (χ1) is 12.6. The summed E-state index contributed by atoms with van der Waals surface area (Å²) in [5, 5.41) is 1.64. The van der Waals surface area contributed by atoms with Crippen LogP contribution in [0.3, 0.4) is 0 Å². The third kappa shape index (κ3) is 3.68. The van der Waals surface area contributed by atoms with E-state index in [2.05, 4.69) is 20.8 Å². The van der Waals surface area contributed by atoms with Crippen LogP contribution >= 0.6 is 27.5 Å². The minimum atomic E-state index is 0.0275. The van der Waals surface area contributed by atoms with Crippen molar-refractivity contribution >= 4 is 50.2 Å². The third-order valence-corrected chi connectivity index (χ3v) is 5.86. The van der Waals surface area contributed by atoms with Crippen LogP contribution in [0.25, 0.3) is 10.9 Å². The fourth-order valence-corrected chi connectivity index (χ4v) is 4.63. The summed E-state index contributed by atoms with van der Waals surface area (Å²) in [6, 6.07) is 7.94. The predicted molar refractivity (Wildman–Crippen MR) is 107 cm³/mol. The van der Waals surface area contributed by atoms with Crippen molar-refractivity contribution in [1.29, 1.82) is 0 Å². The van der Waals surface area contributed by atoms with Gasteiger partial charge in [-0.15, -0.1) is 0 Å². The Bertz CT molecular complexity index is 826. The zero-order valence-corrected chi connectivity index (χ0v) is 16.8. The van der Waals surface area contributed by atoms with Gasteiger partial charge in [-0.1, -0.05) is 27.5 Å². The van der Waals surface area contributed by atoms with E-state index in [4.69, 9.17) is 21.3 Å². The number of carbonyl (C=O) groups is 1. The van der Waals surface area contributed by atoms with E-state index >= 15 is 0 Å². The molecule has 1 unspecified atom stereocenters. The van der Waals surface area contributed by atoms with Crippen molar-refractivity contribution < 1.29 is 9.53 Å². The molecule has 2 aromatic rings. The molecule has 2 aliphatic rings. The van der Waals surface area contributed by atoms with E-state index in [1.807, 2.05) is 29.2 Å². The van der Waals surface area contributed by atoms with Crippen molar-refractivity contribution in [3.8, 4) is 0 Å². The summed E-state index contributed by atoms with van der Waals surface area (Å²) in [7, 11) is 0. The van der Waals surface area contributed by atoms with E-state index < -0.39 is 0 Å². The molecule has 1 aromatic heterocycles. The molecule has 0 N–H and O–H groups in total. The number of fused-ring (bicyclic) bond motifs is 1. The molecule has 4 rings (SSSR count). The number of piperidine rings is 1. The molecule has 1 amide bonds. The van der Waals surface area contributed by atoms with Gasteiger partial charge >= 0.3 is 0 Å². The zero-order valence-electron chi connectivity index (χ0n) is 14.5. The van der Waals surface area contributed by atoms with Crippen LogP contribution in [0.4, 0.5) is 5.82 Å². The Balaban J connectivity index is 1.54. The van der Waals surface area contributed by atoms with Gasteiger partial charge in [0.05, 0.1) is 29.7 Å². The van der Waals surface area contributed by atoms with Crippen LogP contribution in [0.15, 0.2) is 28.7 Å². The number of aromatic nitrogens is 1. The lowest BCUT2D eigenvalue weighted by Gasteiger charge is -2.36. The monoisotopic (exact) mass is 437 g/mol. The fraction of sp³-hybridized carbons (Fsp3) is 0.474. The highest BCUT2D eigenvalue weighted by molar-refractivity contribution is 9.10. The molecule has 0 radical (unpaired) electrons. The predicted octanol–water partition coefficient (Wildman–Crippen LogP) is 3.73. The second-order valence-electron chi connectivity index (χ2n) is 6.85. The minimum absolute atomic E-state index is 0.0275. The molecule has 2 saturated heterocycles. The summed E-state index contributed by atoms with van der Waals surface area (Å²) in [4.78, 5) is 21.8. The van der Waals surface area contributed by atoms with Crippen LogP contribution in [0, 0.1) is 5.92 Å². The maximum Gasteiger partial charge on any atom is 0.227 e. The average Bonchev–Trinajstić information content (AvgIpc) is 2.68. The van der Waals surface area contributed by atoms with Gasteiger partial charge in [0.1, 0.15) is 5.82 Å². The molecule has 138 valence electrons. The second kappa shape index (κ2) is 7.71. The standard InChI is InChI=1S/C19H21BrClN3O2/c20-15-10-13-3-4-17(22-18(13)16(21)11-15)24-5-1-2-14(12-24)19(25)23-6-8-26-9-7-23/h3-4,10-11,14H,1-2,5-9,12H2. The number of rotatable bonds is 2. The number of hydrogen-bond acceptors (Lipinski definition) is 4. The number of nitrogens with zero attached hydrogens (tertiary/aromatic N) is 3. The molecule has 0 aliphatic carbocycles. The van der Waals surface area contributed by atoms with E-state index in [1.165, 1.54) is 0 Å². The molecule has 2 fully saturated rings. The quantitative estimate of drug-likeness (QED) is 0.717. The van der Waals surface area contributed by atoms with Gasteiger partial charge in [0.15, 0.2) is 0 Å². The van der Waals surface area contributed by atoms with Crippen molar-refractivity contribution in [2.75, 3.05) is 44.3 Å². The first kappa shape index (κ1) is 18.0. The Morgan fingerprint density at radius 3 is 2.85 bits per heavy atom. The molecule has 0 bridgehead atoms. The molecular weight excluding hydrogens is 418 g/mol. The molecule has 7 heteroatoms. The van der Waals surface area contributed by atoms with Gasteiger partial charge in [-0.25, -0.2) is 4.98 Å². The molecule has 2 aliphatic heterocycles.